The molecule has 2 fully saturated rings. The van der Waals surface area contributed by atoms with Gasteiger partial charge in [0, 0.05) is 37.8 Å². The van der Waals surface area contributed by atoms with E-state index in [1.165, 1.54) is 48.4 Å². The molecule has 0 unspecified atom stereocenters. The Morgan fingerprint density at radius 1 is 0.667 bits per heavy atom. The van der Waals surface area contributed by atoms with Gasteiger partial charge in [-0.05, 0) is 90.6 Å². The molecule has 2 aromatic carbocycles. The fourth-order valence-electron chi connectivity index (χ4n) is 8.13. The Bertz CT molecular complexity index is 2490. The summed E-state index contributed by atoms with van der Waals surface area (Å²) in [6.07, 6.45) is -8.09. The first-order valence-electron chi connectivity index (χ1n) is 18.4. The maximum Gasteiger partial charge on any atom is 0.416 e. The van der Waals surface area contributed by atoms with Gasteiger partial charge in [0.05, 0.1) is 40.3 Å². The third-order valence-corrected chi connectivity index (χ3v) is 11.1. The van der Waals surface area contributed by atoms with Crippen LogP contribution in [0.1, 0.15) is 80.7 Å². The van der Waals surface area contributed by atoms with Crippen molar-refractivity contribution >= 4 is 33.9 Å². The maximum absolute atomic E-state index is 15.5. The van der Waals surface area contributed by atoms with E-state index >= 15 is 4.39 Å². The number of rotatable bonds is 6. The number of aromatic nitrogens is 4. The predicted octanol–water partition coefficient (Wildman–Crippen LogP) is 9.33. The molecule has 16 heteroatoms. The fourth-order valence-corrected chi connectivity index (χ4v) is 8.13. The number of benzene rings is 2. The van der Waals surface area contributed by atoms with Crippen LogP contribution in [0.5, 0.6) is 5.88 Å². The first-order valence-corrected chi connectivity index (χ1v) is 18.4. The van der Waals surface area contributed by atoms with Crippen molar-refractivity contribution in [2.24, 2.45) is 0 Å². The number of fused-ring (bicyclic) bond motifs is 2. The van der Waals surface area contributed by atoms with Crippen LogP contribution in [0.3, 0.4) is 0 Å². The summed E-state index contributed by atoms with van der Waals surface area (Å²) >= 11 is 0. The molecule has 2 N–H and O–H groups in total. The standard InChI is InChI=1S/C41H35F7N6O3/c1-57-36-9-8-30-32(51-36)20-34(49-30)38(55)53-16-12-23(13-17-53)26-7-6-24(18-29(26)41(46,47)48)27-19-31-33(52-37(27)42)21-35(50-31)39(56)54-14-10-22(11-15-54)25-4-2-3-5-28(25)40(43,44)45/h2-9,18-23,49-50H,10-17H2,1H3. The van der Waals surface area contributed by atoms with Gasteiger partial charge in [0.15, 0.2) is 0 Å². The molecule has 2 saturated heterocycles. The average Bonchev–Trinajstić information content (AvgIpc) is 3.83. The Hall–Kier alpha value is -5.93. The number of halogens is 7. The van der Waals surface area contributed by atoms with Gasteiger partial charge in [-0.1, -0.05) is 30.3 Å². The maximum atomic E-state index is 15.5. The lowest BCUT2D eigenvalue weighted by Crippen LogP contribution is -2.38. The van der Waals surface area contributed by atoms with Gasteiger partial charge in [-0.25, -0.2) is 9.97 Å². The second-order valence-electron chi connectivity index (χ2n) is 14.4. The molecule has 2 amide bonds. The Labute approximate surface area is 320 Å². The Morgan fingerprint density at radius 2 is 1.21 bits per heavy atom. The second kappa shape index (κ2) is 14.5. The second-order valence-corrected chi connectivity index (χ2v) is 14.4. The molecule has 0 bridgehead atoms. The number of H-pyrrole nitrogens is 2. The Balaban J connectivity index is 0.971. The van der Waals surface area contributed by atoms with Gasteiger partial charge in [-0.3, -0.25) is 9.59 Å². The number of likely N-dealkylation sites (tertiary alicyclic amines) is 2. The summed E-state index contributed by atoms with van der Waals surface area (Å²) in [5.41, 5.74) is 0.264. The van der Waals surface area contributed by atoms with Gasteiger partial charge in [-0.15, -0.1) is 0 Å². The number of piperidine rings is 2. The topological polar surface area (TPSA) is 107 Å². The van der Waals surface area contributed by atoms with Gasteiger partial charge in [0.25, 0.3) is 11.8 Å². The van der Waals surface area contributed by atoms with Gasteiger partial charge in [-0.2, -0.15) is 30.7 Å². The van der Waals surface area contributed by atoms with Crippen LogP contribution in [0.2, 0.25) is 0 Å². The first kappa shape index (κ1) is 38.0. The van der Waals surface area contributed by atoms with Gasteiger partial charge in [0.1, 0.15) is 11.4 Å². The minimum Gasteiger partial charge on any atom is -0.481 e. The minimum absolute atomic E-state index is 0.0492. The van der Waals surface area contributed by atoms with Gasteiger partial charge >= 0.3 is 12.4 Å². The van der Waals surface area contributed by atoms with Crippen LogP contribution < -0.4 is 4.74 Å². The molecule has 296 valence electrons. The minimum atomic E-state index is -4.76. The van der Waals surface area contributed by atoms with Gasteiger partial charge < -0.3 is 24.5 Å². The number of ether oxygens (including phenoxy) is 1. The number of nitrogens with zero attached hydrogens (tertiary/aromatic N) is 4. The first-order chi connectivity index (χ1) is 27.2. The monoisotopic (exact) mass is 792 g/mol. The summed E-state index contributed by atoms with van der Waals surface area (Å²) < 4.78 is 105. The van der Waals surface area contributed by atoms with Gasteiger partial charge in [0.2, 0.25) is 11.8 Å². The predicted molar refractivity (Wildman–Crippen MR) is 196 cm³/mol. The number of pyridine rings is 2. The highest BCUT2D eigenvalue weighted by molar-refractivity contribution is 5.98. The van der Waals surface area contributed by atoms with E-state index in [1.807, 2.05) is 0 Å². The molecule has 6 heterocycles. The summed E-state index contributed by atoms with van der Waals surface area (Å²) in [4.78, 5) is 44.1. The van der Waals surface area contributed by atoms with Crippen LogP contribution in [-0.2, 0) is 12.4 Å². The number of methoxy groups -OCH3 is 1. The molecule has 6 aromatic rings. The Kier molecular flexibility index (Phi) is 9.68. The van der Waals surface area contributed by atoms with E-state index in [2.05, 4.69) is 19.9 Å². The van der Waals surface area contributed by atoms with Crippen molar-refractivity contribution in [3.05, 3.63) is 112 Å². The highest BCUT2D eigenvalue weighted by Crippen LogP contribution is 2.42. The van der Waals surface area contributed by atoms with E-state index in [4.69, 9.17) is 4.74 Å². The number of carbonyl (C=O) groups excluding carboxylic acids is 2. The molecule has 0 saturated carbocycles. The molecule has 57 heavy (non-hydrogen) atoms. The number of hydrogen-bond acceptors (Lipinski definition) is 5. The quantitative estimate of drug-likeness (QED) is 0.129. The van der Waals surface area contributed by atoms with Crippen LogP contribution >= 0.6 is 0 Å². The van der Waals surface area contributed by atoms with E-state index < -0.39 is 47.2 Å². The largest absolute Gasteiger partial charge is 0.481 e. The number of alkyl halides is 6. The summed E-state index contributed by atoms with van der Waals surface area (Å²) in [6, 6.07) is 16.7. The number of hydrogen-bond donors (Lipinski definition) is 2. The van der Waals surface area contributed by atoms with Crippen molar-refractivity contribution in [3.63, 3.8) is 0 Å². The molecule has 8 rings (SSSR count). The third kappa shape index (κ3) is 7.40. The summed E-state index contributed by atoms with van der Waals surface area (Å²) in [5, 5.41) is 0. The molecule has 0 spiro atoms. The Morgan fingerprint density at radius 3 is 1.79 bits per heavy atom. The van der Waals surface area contributed by atoms with Crippen molar-refractivity contribution < 1.29 is 45.1 Å². The number of carbonyl (C=O) groups is 2. The molecule has 0 aliphatic carbocycles. The van der Waals surface area contributed by atoms with E-state index in [-0.39, 0.29) is 83.9 Å². The van der Waals surface area contributed by atoms with Crippen LogP contribution in [-0.4, -0.2) is 74.8 Å². The average molecular weight is 793 g/mol. The third-order valence-electron chi connectivity index (χ3n) is 11.1. The van der Waals surface area contributed by atoms with Crippen molar-refractivity contribution in [1.29, 1.82) is 0 Å². The highest BCUT2D eigenvalue weighted by atomic mass is 19.4. The fraction of sp³-hybridized carbons (Fsp3) is 0.317. The lowest BCUT2D eigenvalue weighted by Gasteiger charge is -2.33. The van der Waals surface area contributed by atoms with Crippen molar-refractivity contribution in [1.82, 2.24) is 29.7 Å². The lowest BCUT2D eigenvalue weighted by atomic mass is 9.85. The number of nitrogens with one attached hydrogen (secondary N) is 2. The SMILES string of the molecule is COc1ccc2[nH]c(C(=O)N3CCC(c4ccc(-c5cc6[nH]c(C(=O)N7CCC(c8ccccc8C(F)(F)F)CC7)cc6nc5F)cc4C(F)(F)F)CC3)cc2n1. The van der Waals surface area contributed by atoms with Crippen molar-refractivity contribution in [2.75, 3.05) is 33.3 Å². The van der Waals surface area contributed by atoms with Crippen LogP contribution in [0.25, 0.3) is 33.2 Å². The van der Waals surface area contributed by atoms with E-state index in [1.54, 1.807) is 29.2 Å². The molecular weight excluding hydrogens is 757 g/mol. The van der Waals surface area contributed by atoms with E-state index in [0.717, 1.165) is 12.1 Å². The summed E-state index contributed by atoms with van der Waals surface area (Å²) in [5.74, 6) is -2.28. The zero-order valence-corrected chi connectivity index (χ0v) is 30.4. The number of aromatic amines is 2. The van der Waals surface area contributed by atoms with Crippen LogP contribution in [0, 0.1) is 5.95 Å². The highest BCUT2D eigenvalue weighted by Gasteiger charge is 2.38. The zero-order chi connectivity index (χ0) is 40.2. The van der Waals surface area contributed by atoms with Crippen molar-refractivity contribution in [3.8, 4) is 17.0 Å². The molecule has 2 aliphatic rings. The van der Waals surface area contributed by atoms with E-state index in [9.17, 15) is 35.9 Å². The van der Waals surface area contributed by atoms with Crippen LogP contribution in [0.4, 0.5) is 30.7 Å². The molecule has 9 nitrogen and oxygen atoms in total. The zero-order valence-electron chi connectivity index (χ0n) is 30.4. The van der Waals surface area contributed by atoms with Crippen molar-refractivity contribution in [2.45, 2.75) is 49.9 Å². The molecule has 0 radical (unpaired) electrons. The smallest absolute Gasteiger partial charge is 0.416 e. The number of amides is 2. The molecular formula is C41H35F7N6O3. The summed E-state index contributed by atoms with van der Waals surface area (Å²) in [6.45, 7) is 0.833. The summed E-state index contributed by atoms with van der Waals surface area (Å²) in [7, 11) is 1.48. The molecule has 4 aromatic heterocycles. The van der Waals surface area contributed by atoms with E-state index in [0.29, 0.717) is 35.4 Å². The normalized spacial score (nSPS) is 16.1. The lowest BCUT2D eigenvalue weighted by molar-refractivity contribution is -0.139. The van der Waals surface area contributed by atoms with Crippen LogP contribution in [0.15, 0.2) is 72.8 Å². The molecule has 2 aliphatic heterocycles. The molecule has 0 atom stereocenters.